The van der Waals surface area contributed by atoms with Crippen LogP contribution in [0.3, 0.4) is 0 Å². The number of hydrogen-bond donors (Lipinski definition) is 2. The van der Waals surface area contributed by atoms with Crippen molar-refractivity contribution in [3.05, 3.63) is 47.7 Å². The van der Waals surface area contributed by atoms with Crippen molar-refractivity contribution in [3.63, 3.8) is 0 Å². The highest BCUT2D eigenvalue weighted by molar-refractivity contribution is 5.91. The van der Waals surface area contributed by atoms with Gasteiger partial charge in [0.05, 0.1) is 11.1 Å². The molecule has 3 rings (SSSR count). The van der Waals surface area contributed by atoms with Crippen LogP contribution in [-0.4, -0.2) is 26.0 Å². The molecule has 2 N–H and O–H groups in total. The van der Waals surface area contributed by atoms with E-state index in [4.69, 9.17) is 5.11 Å². The van der Waals surface area contributed by atoms with Crippen molar-refractivity contribution < 1.29 is 9.90 Å². The number of H-pyrrole nitrogens is 1. The van der Waals surface area contributed by atoms with E-state index >= 15 is 0 Å². The topological polar surface area (TPSA) is 78.9 Å². The normalized spacial score (nSPS) is 11.2. The average molecular weight is 281 g/mol. The largest absolute Gasteiger partial charge is 0.478 e. The van der Waals surface area contributed by atoms with Crippen molar-refractivity contribution in [3.8, 4) is 11.4 Å². The molecule has 0 fully saturated rings. The predicted molar refractivity (Wildman–Crippen MR) is 80.4 cm³/mol. The standard InChI is InChI=1S/C16H15N3O2/c1-9(2)10-3-5-11(6-4-10)14-18-13-7-12(16(20)21)8-17-15(13)19-14/h3-9H,1-2H3,(H,20,21)(H,17,18,19). The fraction of sp³-hybridized carbons (Fsp3) is 0.188. The minimum absolute atomic E-state index is 0.146. The first-order valence-electron chi connectivity index (χ1n) is 6.74. The van der Waals surface area contributed by atoms with Crippen molar-refractivity contribution in [2.75, 3.05) is 0 Å². The summed E-state index contributed by atoms with van der Waals surface area (Å²) in [6.07, 6.45) is 1.32. The number of fused-ring (bicyclic) bond motifs is 1. The number of rotatable bonds is 3. The van der Waals surface area contributed by atoms with Gasteiger partial charge >= 0.3 is 5.97 Å². The molecular weight excluding hydrogens is 266 g/mol. The van der Waals surface area contributed by atoms with Crippen LogP contribution in [0.25, 0.3) is 22.6 Å². The third kappa shape index (κ3) is 2.50. The molecule has 3 aromatic rings. The molecule has 5 heteroatoms. The van der Waals surface area contributed by atoms with Crippen LogP contribution in [0.4, 0.5) is 0 Å². The molecule has 106 valence electrons. The van der Waals surface area contributed by atoms with E-state index < -0.39 is 5.97 Å². The number of benzene rings is 1. The lowest BCUT2D eigenvalue weighted by Crippen LogP contribution is -1.96. The van der Waals surface area contributed by atoms with Crippen molar-refractivity contribution in [1.29, 1.82) is 0 Å². The van der Waals surface area contributed by atoms with Crippen LogP contribution in [0.5, 0.6) is 0 Å². The zero-order chi connectivity index (χ0) is 15.0. The van der Waals surface area contributed by atoms with Gasteiger partial charge in [0.1, 0.15) is 5.82 Å². The van der Waals surface area contributed by atoms with Crippen LogP contribution >= 0.6 is 0 Å². The van der Waals surface area contributed by atoms with Gasteiger partial charge < -0.3 is 10.1 Å². The molecule has 0 spiro atoms. The van der Waals surface area contributed by atoms with Gasteiger partial charge in [0, 0.05) is 11.8 Å². The lowest BCUT2D eigenvalue weighted by molar-refractivity contribution is 0.0696. The van der Waals surface area contributed by atoms with Gasteiger partial charge in [-0.3, -0.25) is 0 Å². The van der Waals surface area contributed by atoms with Crippen molar-refractivity contribution in [2.45, 2.75) is 19.8 Å². The molecule has 0 amide bonds. The molecule has 0 aliphatic rings. The Morgan fingerprint density at radius 3 is 2.57 bits per heavy atom. The Bertz CT molecular complexity index is 804. The van der Waals surface area contributed by atoms with Gasteiger partial charge in [-0.2, -0.15) is 0 Å². The summed E-state index contributed by atoms with van der Waals surface area (Å²) in [5.74, 6) is 0.173. The van der Waals surface area contributed by atoms with Gasteiger partial charge in [0.25, 0.3) is 0 Å². The maximum absolute atomic E-state index is 10.9. The van der Waals surface area contributed by atoms with E-state index in [1.807, 2.05) is 12.1 Å². The zero-order valence-electron chi connectivity index (χ0n) is 11.8. The van der Waals surface area contributed by atoms with Crippen LogP contribution < -0.4 is 0 Å². The minimum Gasteiger partial charge on any atom is -0.478 e. The van der Waals surface area contributed by atoms with Crippen molar-refractivity contribution in [1.82, 2.24) is 15.0 Å². The van der Waals surface area contributed by atoms with E-state index in [9.17, 15) is 4.79 Å². The van der Waals surface area contributed by atoms with Crippen LogP contribution in [0.2, 0.25) is 0 Å². The van der Waals surface area contributed by atoms with Gasteiger partial charge in [-0.15, -0.1) is 0 Å². The number of carbonyl (C=O) groups is 1. The maximum atomic E-state index is 10.9. The number of aromatic nitrogens is 3. The number of aromatic carboxylic acids is 1. The Morgan fingerprint density at radius 2 is 1.95 bits per heavy atom. The summed E-state index contributed by atoms with van der Waals surface area (Å²) in [6.45, 7) is 4.29. The smallest absolute Gasteiger partial charge is 0.337 e. The van der Waals surface area contributed by atoms with Crippen LogP contribution in [-0.2, 0) is 0 Å². The molecule has 0 unspecified atom stereocenters. The Kier molecular flexibility index (Phi) is 3.17. The molecule has 2 aromatic heterocycles. The molecule has 0 radical (unpaired) electrons. The molecule has 0 bridgehead atoms. The molecule has 0 saturated heterocycles. The highest BCUT2D eigenvalue weighted by atomic mass is 16.4. The van der Waals surface area contributed by atoms with Crippen molar-refractivity contribution >= 4 is 17.1 Å². The fourth-order valence-corrected chi connectivity index (χ4v) is 2.18. The molecular formula is C16H15N3O2. The SMILES string of the molecule is CC(C)c1ccc(-c2nc3ncc(C(=O)O)cc3[nH]2)cc1. The lowest BCUT2D eigenvalue weighted by Gasteiger charge is -2.05. The molecule has 2 heterocycles. The van der Waals surface area contributed by atoms with E-state index in [-0.39, 0.29) is 5.56 Å². The van der Waals surface area contributed by atoms with Crippen LogP contribution in [0.1, 0.15) is 35.7 Å². The number of hydrogen-bond acceptors (Lipinski definition) is 3. The highest BCUT2D eigenvalue weighted by Gasteiger charge is 2.10. The second-order valence-electron chi connectivity index (χ2n) is 5.26. The zero-order valence-corrected chi connectivity index (χ0v) is 11.8. The molecule has 1 aromatic carbocycles. The predicted octanol–water partition coefficient (Wildman–Crippen LogP) is 3.45. The summed E-state index contributed by atoms with van der Waals surface area (Å²) in [5, 5.41) is 8.98. The maximum Gasteiger partial charge on any atom is 0.337 e. The quantitative estimate of drug-likeness (QED) is 0.770. The molecule has 0 atom stereocenters. The number of carboxylic acids is 1. The van der Waals surface area contributed by atoms with E-state index in [0.29, 0.717) is 22.9 Å². The number of imidazole rings is 1. The second-order valence-corrected chi connectivity index (χ2v) is 5.26. The highest BCUT2D eigenvalue weighted by Crippen LogP contribution is 2.22. The number of nitrogens with zero attached hydrogens (tertiary/aromatic N) is 2. The van der Waals surface area contributed by atoms with E-state index in [1.165, 1.54) is 11.8 Å². The third-order valence-electron chi connectivity index (χ3n) is 3.44. The summed E-state index contributed by atoms with van der Waals surface area (Å²) in [7, 11) is 0. The van der Waals surface area contributed by atoms with Gasteiger partial charge in [-0.05, 0) is 17.5 Å². The first-order valence-corrected chi connectivity index (χ1v) is 6.74. The Hall–Kier alpha value is -2.69. The molecule has 21 heavy (non-hydrogen) atoms. The summed E-state index contributed by atoms with van der Waals surface area (Å²) in [6, 6.07) is 9.70. The van der Waals surface area contributed by atoms with Gasteiger partial charge in [-0.1, -0.05) is 38.1 Å². The Balaban J connectivity index is 2.02. The molecule has 0 aliphatic carbocycles. The summed E-state index contributed by atoms with van der Waals surface area (Å²) >= 11 is 0. The van der Waals surface area contributed by atoms with E-state index in [0.717, 1.165) is 5.56 Å². The Labute approximate surface area is 121 Å². The average Bonchev–Trinajstić information content (AvgIpc) is 2.90. The minimum atomic E-state index is -0.998. The first-order chi connectivity index (χ1) is 10.0. The Morgan fingerprint density at radius 1 is 1.24 bits per heavy atom. The number of aromatic amines is 1. The van der Waals surface area contributed by atoms with Crippen molar-refractivity contribution in [2.24, 2.45) is 0 Å². The molecule has 5 nitrogen and oxygen atoms in total. The third-order valence-corrected chi connectivity index (χ3v) is 3.44. The summed E-state index contributed by atoms with van der Waals surface area (Å²) in [5.41, 5.74) is 3.50. The summed E-state index contributed by atoms with van der Waals surface area (Å²) in [4.78, 5) is 22.5. The lowest BCUT2D eigenvalue weighted by atomic mass is 10.0. The monoisotopic (exact) mass is 281 g/mol. The second kappa shape index (κ2) is 5.01. The van der Waals surface area contributed by atoms with Gasteiger partial charge in [0.15, 0.2) is 5.65 Å². The van der Waals surface area contributed by atoms with Gasteiger partial charge in [0.2, 0.25) is 0 Å². The van der Waals surface area contributed by atoms with Gasteiger partial charge in [-0.25, -0.2) is 14.8 Å². The van der Waals surface area contributed by atoms with E-state index in [1.54, 1.807) is 6.07 Å². The fourth-order valence-electron chi connectivity index (χ4n) is 2.18. The number of pyridine rings is 1. The van der Waals surface area contributed by atoms with Crippen LogP contribution in [0.15, 0.2) is 36.5 Å². The summed E-state index contributed by atoms with van der Waals surface area (Å²) < 4.78 is 0. The number of nitrogens with one attached hydrogen (secondary N) is 1. The van der Waals surface area contributed by atoms with E-state index in [2.05, 4.69) is 40.9 Å². The molecule has 0 aliphatic heterocycles. The number of carboxylic acid groups (broad SMARTS) is 1. The molecule has 0 saturated carbocycles. The van der Waals surface area contributed by atoms with Crippen LogP contribution in [0, 0.1) is 0 Å². The first kappa shape index (κ1) is 13.3.